The van der Waals surface area contributed by atoms with E-state index in [0.29, 0.717) is 31.8 Å². The van der Waals surface area contributed by atoms with Crippen molar-refractivity contribution in [2.24, 2.45) is 0 Å². The molecule has 0 amide bonds. The lowest BCUT2D eigenvalue weighted by Gasteiger charge is -2.36. The predicted octanol–water partition coefficient (Wildman–Crippen LogP) is 1.60. The molecule has 0 atom stereocenters. The van der Waals surface area contributed by atoms with Gasteiger partial charge in [-0.05, 0) is 24.3 Å². The molecule has 3 aromatic rings. The van der Waals surface area contributed by atoms with Gasteiger partial charge in [-0.2, -0.15) is 9.78 Å². The van der Waals surface area contributed by atoms with E-state index >= 15 is 0 Å². The van der Waals surface area contributed by atoms with Crippen LogP contribution in [-0.4, -0.2) is 46.0 Å². The Labute approximate surface area is 141 Å². The number of benzene rings is 1. The molecule has 1 aliphatic heterocycles. The van der Waals surface area contributed by atoms with E-state index in [9.17, 15) is 8.78 Å². The number of nitriles is 1. The molecule has 0 spiro atoms. The van der Waals surface area contributed by atoms with Crippen LogP contribution in [0.4, 0.5) is 20.3 Å². The molecule has 1 fully saturated rings. The molecule has 0 bridgehead atoms. The van der Waals surface area contributed by atoms with Crippen LogP contribution in [0.2, 0.25) is 0 Å². The lowest BCUT2D eigenvalue weighted by Crippen LogP contribution is -2.47. The molecule has 9 heteroatoms. The second-order valence-electron chi connectivity index (χ2n) is 5.70. The van der Waals surface area contributed by atoms with Gasteiger partial charge in [0.2, 0.25) is 0 Å². The van der Waals surface area contributed by atoms with Crippen molar-refractivity contribution in [2.75, 3.05) is 36.0 Å². The quantitative estimate of drug-likeness (QED) is 0.705. The van der Waals surface area contributed by atoms with Gasteiger partial charge >= 0.3 is 0 Å². The van der Waals surface area contributed by atoms with E-state index in [4.69, 9.17) is 5.26 Å². The highest BCUT2D eigenvalue weighted by atomic mass is 19.1. The average molecular weight is 341 g/mol. The van der Waals surface area contributed by atoms with E-state index in [2.05, 4.69) is 15.3 Å². The first-order valence-corrected chi connectivity index (χ1v) is 7.72. The van der Waals surface area contributed by atoms with Crippen molar-refractivity contribution in [3.05, 3.63) is 47.8 Å². The number of aromatic nitrogens is 4. The van der Waals surface area contributed by atoms with Crippen molar-refractivity contribution < 1.29 is 8.78 Å². The van der Waals surface area contributed by atoms with Gasteiger partial charge in [0.25, 0.3) is 0 Å². The third-order valence-corrected chi connectivity index (χ3v) is 4.21. The van der Waals surface area contributed by atoms with E-state index in [1.165, 1.54) is 6.33 Å². The van der Waals surface area contributed by atoms with Gasteiger partial charge in [-0.15, -0.1) is 15.3 Å². The monoisotopic (exact) mass is 341 g/mol. The SMILES string of the molecule is N#Cc1cc(F)c(N2CCN(c3ccc4nncn4n3)CC2)c(F)c1. The molecule has 0 saturated carbocycles. The van der Waals surface area contributed by atoms with E-state index in [-0.39, 0.29) is 11.3 Å². The summed E-state index contributed by atoms with van der Waals surface area (Å²) in [6.45, 7) is 2.03. The summed E-state index contributed by atoms with van der Waals surface area (Å²) in [6.07, 6.45) is 1.52. The Hall–Kier alpha value is -3.28. The number of halogens is 2. The molecule has 0 radical (unpaired) electrons. The largest absolute Gasteiger partial charge is 0.363 e. The van der Waals surface area contributed by atoms with Gasteiger partial charge < -0.3 is 9.80 Å². The van der Waals surface area contributed by atoms with Crippen LogP contribution in [0.1, 0.15) is 5.56 Å². The highest BCUT2D eigenvalue weighted by molar-refractivity contribution is 5.54. The molecule has 0 N–H and O–H groups in total. The fraction of sp³-hybridized carbons (Fsp3) is 0.250. The summed E-state index contributed by atoms with van der Waals surface area (Å²) in [4.78, 5) is 3.69. The molecule has 4 rings (SSSR count). The van der Waals surface area contributed by atoms with Crippen molar-refractivity contribution in [1.82, 2.24) is 19.8 Å². The van der Waals surface area contributed by atoms with Crippen LogP contribution in [0.3, 0.4) is 0 Å². The molecule has 126 valence electrons. The van der Waals surface area contributed by atoms with Crippen molar-refractivity contribution in [1.29, 1.82) is 5.26 Å². The van der Waals surface area contributed by atoms with Crippen molar-refractivity contribution in [3.8, 4) is 6.07 Å². The van der Waals surface area contributed by atoms with Gasteiger partial charge in [-0.25, -0.2) is 8.78 Å². The van der Waals surface area contributed by atoms with Gasteiger partial charge in [-0.1, -0.05) is 0 Å². The molecule has 1 aromatic carbocycles. The zero-order valence-electron chi connectivity index (χ0n) is 13.1. The third-order valence-electron chi connectivity index (χ3n) is 4.21. The van der Waals surface area contributed by atoms with Gasteiger partial charge in [0.1, 0.15) is 17.8 Å². The van der Waals surface area contributed by atoms with E-state index in [1.54, 1.807) is 15.5 Å². The molecule has 3 heterocycles. The van der Waals surface area contributed by atoms with Crippen LogP contribution in [0, 0.1) is 23.0 Å². The maximum Gasteiger partial charge on any atom is 0.177 e. The highest BCUT2D eigenvalue weighted by Crippen LogP contribution is 2.26. The average Bonchev–Trinajstić information content (AvgIpc) is 3.09. The molecule has 1 saturated heterocycles. The fourth-order valence-electron chi connectivity index (χ4n) is 2.98. The van der Waals surface area contributed by atoms with Crippen molar-refractivity contribution >= 4 is 17.2 Å². The number of anilines is 2. The molecule has 2 aromatic heterocycles. The smallest absolute Gasteiger partial charge is 0.177 e. The molecule has 25 heavy (non-hydrogen) atoms. The van der Waals surface area contributed by atoms with Gasteiger partial charge in [-0.3, -0.25) is 0 Å². The maximum atomic E-state index is 14.2. The summed E-state index contributed by atoms with van der Waals surface area (Å²) in [5, 5.41) is 20.9. The maximum absolute atomic E-state index is 14.2. The minimum Gasteiger partial charge on any atom is -0.363 e. The van der Waals surface area contributed by atoms with Crippen molar-refractivity contribution in [3.63, 3.8) is 0 Å². The van der Waals surface area contributed by atoms with Gasteiger partial charge in [0, 0.05) is 26.2 Å². The van der Waals surface area contributed by atoms with Crippen molar-refractivity contribution in [2.45, 2.75) is 0 Å². The first-order valence-electron chi connectivity index (χ1n) is 7.72. The van der Waals surface area contributed by atoms with Crippen LogP contribution in [-0.2, 0) is 0 Å². The number of piperazine rings is 1. The number of rotatable bonds is 2. The summed E-state index contributed by atoms with van der Waals surface area (Å²) in [5.74, 6) is -0.671. The summed E-state index contributed by atoms with van der Waals surface area (Å²) >= 11 is 0. The highest BCUT2D eigenvalue weighted by Gasteiger charge is 2.24. The van der Waals surface area contributed by atoms with Crippen LogP contribution >= 0.6 is 0 Å². The van der Waals surface area contributed by atoms with Crippen LogP contribution in [0.5, 0.6) is 0 Å². The second-order valence-corrected chi connectivity index (χ2v) is 5.70. The Kier molecular flexibility index (Phi) is 3.65. The van der Waals surface area contributed by atoms with Crippen LogP contribution in [0.15, 0.2) is 30.6 Å². The molecular formula is C16H13F2N7. The minimum absolute atomic E-state index is 0.0242. The standard InChI is InChI=1S/C16H13F2N7/c17-12-7-11(9-19)8-13(18)16(12)24-5-3-23(4-6-24)15-2-1-14-21-20-10-25(14)22-15/h1-2,7-8,10H,3-6H2. The zero-order valence-corrected chi connectivity index (χ0v) is 13.1. The third kappa shape index (κ3) is 2.71. The Morgan fingerprint density at radius 1 is 1.00 bits per heavy atom. The number of nitrogens with zero attached hydrogens (tertiary/aromatic N) is 7. The topological polar surface area (TPSA) is 73.4 Å². The normalized spacial score (nSPS) is 14.8. The lowest BCUT2D eigenvalue weighted by atomic mass is 10.1. The summed E-state index contributed by atoms with van der Waals surface area (Å²) in [7, 11) is 0. The molecule has 0 unspecified atom stereocenters. The molecular weight excluding hydrogens is 328 g/mol. The Balaban J connectivity index is 1.52. The zero-order chi connectivity index (χ0) is 17.4. The second kappa shape index (κ2) is 5.98. The van der Waals surface area contributed by atoms with E-state index in [0.717, 1.165) is 18.0 Å². The lowest BCUT2D eigenvalue weighted by molar-refractivity contribution is 0.554. The Morgan fingerprint density at radius 3 is 2.36 bits per heavy atom. The molecule has 7 nitrogen and oxygen atoms in total. The van der Waals surface area contributed by atoms with E-state index in [1.807, 2.05) is 17.0 Å². The minimum atomic E-state index is -0.714. The summed E-state index contributed by atoms with van der Waals surface area (Å²) in [6, 6.07) is 7.55. The summed E-state index contributed by atoms with van der Waals surface area (Å²) < 4.78 is 29.9. The van der Waals surface area contributed by atoms with E-state index < -0.39 is 11.6 Å². The Morgan fingerprint density at radius 2 is 1.68 bits per heavy atom. The first-order chi connectivity index (χ1) is 12.2. The molecule has 0 aliphatic carbocycles. The fourth-order valence-corrected chi connectivity index (χ4v) is 2.98. The number of hydrogen-bond donors (Lipinski definition) is 0. The summed E-state index contributed by atoms with van der Waals surface area (Å²) in [5.41, 5.74) is 0.550. The Bertz CT molecular complexity index is 947. The predicted molar refractivity (Wildman–Crippen MR) is 86.3 cm³/mol. The van der Waals surface area contributed by atoms with Gasteiger partial charge in [0.05, 0.1) is 11.6 Å². The van der Waals surface area contributed by atoms with Crippen LogP contribution < -0.4 is 9.80 Å². The molecule has 1 aliphatic rings. The van der Waals surface area contributed by atoms with Crippen LogP contribution in [0.25, 0.3) is 5.65 Å². The first kappa shape index (κ1) is 15.3. The number of hydrogen-bond acceptors (Lipinski definition) is 6. The number of fused-ring (bicyclic) bond motifs is 1. The van der Waals surface area contributed by atoms with Gasteiger partial charge in [0.15, 0.2) is 17.3 Å².